The zero-order valence-corrected chi connectivity index (χ0v) is 11.9. The summed E-state index contributed by atoms with van der Waals surface area (Å²) in [7, 11) is 1.54. The van der Waals surface area contributed by atoms with E-state index in [1.54, 1.807) is 30.6 Å². The number of anilines is 2. The smallest absolute Gasteiger partial charge is 0.225 e. The molecule has 2 rings (SSSR count). The summed E-state index contributed by atoms with van der Waals surface area (Å²) in [5.41, 5.74) is 6.87. The van der Waals surface area contributed by atoms with E-state index in [9.17, 15) is 4.79 Å². The van der Waals surface area contributed by atoms with Gasteiger partial charge in [-0.2, -0.15) is 0 Å². The van der Waals surface area contributed by atoms with Gasteiger partial charge in [-0.1, -0.05) is 11.8 Å². The number of thioether (sulfide) groups is 1. The number of carbonyl (C=O) groups excluding carboxylic acids is 1. The van der Waals surface area contributed by atoms with Crippen LogP contribution < -0.4 is 15.8 Å². The minimum atomic E-state index is -0.0767. The number of methoxy groups -OCH3 is 1. The lowest BCUT2D eigenvalue weighted by atomic mass is 10.2. The predicted octanol–water partition coefficient (Wildman–Crippen LogP) is 2.12. The molecule has 6 nitrogen and oxygen atoms in total. The Labute approximate surface area is 121 Å². The molecule has 0 fully saturated rings. The highest BCUT2D eigenvalue weighted by Crippen LogP contribution is 2.26. The maximum Gasteiger partial charge on any atom is 0.225 e. The number of rotatable bonds is 6. The highest BCUT2D eigenvalue weighted by atomic mass is 32.2. The van der Waals surface area contributed by atoms with Crippen LogP contribution in [0.3, 0.4) is 0 Å². The van der Waals surface area contributed by atoms with E-state index in [0.29, 0.717) is 29.3 Å². The Bertz CT molecular complexity index is 572. The molecular weight excluding hydrogens is 276 g/mol. The Morgan fingerprint density at radius 1 is 1.55 bits per heavy atom. The van der Waals surface area contributed by atoms with Crippen molar-refractivity contribution in [1.29, 1.82) is 0 Å². The fraction of sp³-hybridized carbons (Fsp3) is 0.231. The molecule has 20 heavy (non-hydrogen) atoms. The third-order valence-corrected chi connectivity index (χ3v) is 3.45. The molecular formula is C13H16N4O2S. The van der Waals surface area contributed by atoms with Crippen LogP contribution in [-0.2, 0) is 4.79 Å². The average molecular weight is 292 g/mol. The molecule has 0 radical (unpaired) electrons. The van der Waals surface area contributed by atoms with Gasteiger partial charge in [0.05, 0.1) is 12.8 Å². The molecule has 4 N–H and O–H groups in total. The summed E-state index contributed by atoms with van der Waals surface area (Å²) in [6.45, 7) is 0. The summed E-state index contributed by atoms with van der Waals surface area (Å²) in [5.74, 6) is 1.13. The molecule has 0 saturated heterocycles. The topological polar surface area (TPSA) is 93.0 Å². The largest absolute Gasteiger partial charge is 0.494 e. The minimum absolute atomic E-state index is 0.0767. The van der Waals surface area contributed by atoms with Gasteiger partial charge < -0.3 is 20.8 Å². The van der Waals surface area contributed by atoms with Crippen molar-refractivity contribution in [3.63, 3.8) is 0 Å². The Morgan fingerprint density at radius 3 is 3.10 bits per heavy atom. The van der Waals surface area contributed by atoms with Crippen LogP contribution in [0, 0.1) is 0 Å². The van der Waals surface area contributed by atoms with E-state index in [1.807, 2.05) is 0 Å². The first-order chi connectivity index (χ1) is 9.69. The van der Waals surface area contributed by atoms with Crippen LogP contribution >= 0.6 is 11.8 Å². The van der Waals surface area contributed by atoms with Gasteiger partial charge in [-0.3, -0.25) is 4.79 Å². The summed E-state index contributed by atoms with van der Waals surface area (Å²) in [5, 5.41) is 3.61. The van der Waals surface area contributed by atoms with E-state index in [2.05, 4.69) is 15.3 Å². The number of amides is 1. The summed E-state index contributed by atoms with van der Waals surface area (Å²) in [4.78, 5) is 18.9. The number of aromatic nitrogens is 2. The van der Waals surface area contributed by atoms with E-state index in [4.69, 9.17) is 10.5 Å². The Morgan fingerprint density at radius 2 is 2.40 bits per heavy atom. The lowest BCUT2D eigenvalue weighted by Gasteiger charge is -2.10. The highest BCUT2D eigenvalue weighted by Gasteiger charge is 2.08. The van der Waals surface area contributed by atoms with Gasteiger partial charge in [-0.25, -0.2) is 4.98 Å². The first-order valence-corrected chi connectivity index (χ1v) is 7.03. The first kappa shape index (κ1) is 14.3. The molecule has 0 aliphatic rings. The van der Waals surface area contributed by atoms with Gasteiger partial charge in [0.15, 0.2) is 5.16 Å². The maximum atomic E-state index is 11.9. The standard InChI is InChI=1S/C13H16N4O2S/c1-19-11-8-9(14)2-3-10(11)17-12(18)4-7-20-13-15-5-6-16-13/h2-3,5-6,8H,4,7,14H2,1H3,(H,15,16)(H,17,18). The van der Waals surface area contributed by atoms with Gasteiger partial charge >= 0.3 is 0 Å². The van der Waals surface area contributed by atoms with Crippen LogP contribution in [0.4, 0.5) is 11.4 Å². The fourth-order valence-electron chi connectivity index (χ4n) is 1.59. The number of nitrogens with two attached hydrogens (primary N) is 1. The van der Waals surface area contributed by atoms with Crippen LogP contribution in [-0.4, -0.2) is 28.7 Å². The van der Waals surface area contributed by atoms with Crippen molar-refractivity contribution in [2.75, 3.05) is 23.9 Å². The van der Waals surface area contributed by atoms with Gasteiger partial charge in [-0.15, -0.1) is 0 Å². The predicted molar refractivity (Wildman–Crippen MR) is 80.0 cm³/mol. The Balaban J connectivity index is 1.85. The first-order valence-electron chi connectivity index (χ1n) is 6.04. The molecule has 0 spiro atoms. The van der Waals surface area contributed by atoms with E-state index < -0.39 is 0 Å². The molecule has 0 unspecified atom stereocenters. The molecule has 0 aliphatic carbocycles. The number of nitrogens with zero attached hydrogens (tertiary/aromatic N) is 1. The van der Waals surface area contributed by atoms with Crippen LogP contribution in [0.1, 0.15) is 6.42 Å². The van der Waals surface area contributed by atoms with Crippen LogP contribution in [0.5, 0.6) is 5.75 Å². The molecule has 0 atom stereocenters. The van der Waals surface area contributed by atoms with Gasteiger partial charge in [0.25, 0.3) is 0 Å². The summed E-state index contributed by atoms with van der Waals surface area (Å²) in [6, 6.07) is 5.12. The van der Waals surface area contributed by atoms with Gasteiger partial charge in [0.2, 0.25) is 5.91 Å². The second kappa shape index (κ2) is 6.85. The van der Waals surface area contributed by atoms with E-state index in [1.165, 1.54) is 18.9 Å². The molecule has 1 aromatic heterocycles. The molecule has 1 amide bonds. The molecule has 0 aliphatic heterocycles. The van der Waals surface area contributed by atoms with E-state index in [0.717, 1.165) is 5.16 Å². The van der Waals surface area contributed by atoms with Crippen molar-refractivity contribution in [3.05, 3.63) is 30.6 Å². The number of nitrogen functional groups attached to an aromatic ring is 1. The number of benzene rings is 1. The van der Waals surface area contributed by atoms with Crippen molar-refractivity contribution < 1.29 is 9.53 Å². The SMILES string of the molecule is COc1cc(N)ccc1NC(=O)CCSc1ncc[nH]1. The second-order valence-corrected chi connectivity index (χ2v) is 5.08. The minimum Gasteiger partial charge on any atom is -0.494 e. The third-order valence-electron chi connectivity index (χ3n) is 2.54. The van der Waals surface area contributed by atoms with Crippen LogP contribution in [0.15, 0.2) is 35.7 Å². The van der Waals surface area contributed by atoms with Crippen molar-refractivity contribution in [2.45, 2.75) is 11.6 Å². The molecule has 0 bridgehead atoms. The number of ether oxygens (including phenoxy) is 1. The van der Waals surface area contributed by atoms with Crippen molar-refractivity contribution >= 4 is 29.0 Å². The van der Waals surface area contributed by atoms with Crippen LogP contribution in [0.25, 0.3) is 0 Å². The highest BCUT2D eigenvalue weighted by molar-refractivity contribution is 7.99. The summed E-state index contributed by atoms with van der Waals surface area (Å²) >= 11 is 1.50. The zero-order chi connectivity index (χ0) is 14.4. The zero-order valence-electron chi connectivity index (χ0n) is 11.1. The molecule has 1 aromatic carbocycles. The van der Waals surface area contributed by atoms with E-state index in [-0.39, 0.29) is 5.91 Å². The monoisotopic (exact) mass is 292 g/mol. The average Bonchev–Trinajstić information content (AvgIpc) is 2.94. The number of hydrogen-bond donors (Lipinski definition) is 3. The van der Waals surface area contributed by atoms with Gasteiger partial charge in [0, 0.05) is 36.3 Å². The number of imidazole rings is 1. The number of hydrogen-bond acceptors (Lipinski definition) is 5. The molecule has 1 heterocycles. The normalized spacial score (nSPS) is 10.2. The number of nitrogens with one attached hydrogen (secondary N) is 2. The third kappa shape index (κ3) is 3.92. The quantitative estimate of drug-likeness (QED) is 0.560. The molecule has 0 saturated carbocycles. The number of H-pyrrole nitrogens is 1. The summed E-state index contributed by atoms with van der Waals surface area (Å²) < 4.78 is 5.18. The van der Waals surface area contributed by atoms with E-state index >= 15 is 0 Å². The fourth-order valence-corrected chi connectivity index (χ4v) is 2.36. The molecule has 2 aromatic rings. The van der Waals surface area contributed by atoms with Crippen LogP contribution in [0.2, 0.25) is 0 Å². The van der Waals surface area contributed by atoms with Crippen molar-refractivity contribution in [1.82, 2.24) is 9.97 Å². The maximum absolute atomic E-state index is 11.9. The van der Waals surface area contributed by atoms with Crippen molar-refractivity contribution in [2.24, 2.45) is 0 Å². The second-order valence-electron chi connectivity index (χ2n) is 4.00. The molecule has 7 heteroatoms. The van der Waals surface area contributed by atoms with Crippen molar-refractivity contribution in [3.8, 4) is 5.75 Å². The summed E-state index contributed by atoms with van der Waals surface area (Å²) in [6.07, 6.45) is 3.82. The Kier molecular flexibility index (Phi) is 4.89. The van der Waals surface area contributed by atoms with Gasteiger partial charge in [-0.05, 0) is 12.1 Å². The molecule has 106 valence electrons. The van der Waals surface area contributed by atoms with Gasteiger partial charge in [0.1, 0.15) is 5.75 Å². The number of carbonyl (C=O) groups is 1. The lowest BCUT2D eigenvalue weighted by Crippen LogP contribution is -2.13. The number of aromatic amines is 1. The Hall–Kier alpha value is -2.15. The lowest BCUT2D eigenvalue weighted by molar-refractivity contribution is -0.115.